The van der Waals surface area contributed by atoms with Gasteiger partial charge in [-0.2, -0.15) is 0 Å². The van der Waals surface area contributed by atoms with Crippen LogP contribution in [-0.4, -0.2) is 26.1 Å². The Bertz CT molecular complexity index is 682. The lowest BCUT2D eigenvalue weighted by molar-refractivity contribution is -0.118. The predicted molar refractivity (Wildman–Crippen MR) is 87.5 cm³/mol. The minimum atomic E-state index is -3.53. The molecule has 1 unspecified atom stereocenters. The van der Waals surface area contributed by atoms with E-state index in [0.29, 0.717) is 11.4 Å². The molecule has 1 fully saturated rings. The van der Waals surface area contributed by atoms with E-state index in [4.69, 9.17) is 0 Å². The van der Waals surface area contributed by atoms with E-state index >= 15 is 0 Å². The van der Waals surface area contributed by atoms with Gasteiger partial charge >= 0.3 is 0 Å². The van der Waals surface area contributed by atoms with Gasteiger partial charge in [-0.3, -0.25) is 4.79 Å². The molecule has 1 heterocycles. The molecule has 1 amide bonds. The molecule has 1 aromatic rings. The Balaban J connectivity index is 1.86. The average Bonchev–Trinajstić information content (AvgIpc) is 2.92. The summed E-state index contributed by atoms with van der Waals surface area (Å²) in [5, 5.41) is 2.83. The lowest BCUT2D eigenvalue weighted by Crippen LogP contribution is -2.32. The molecule has 3 rings (SSSR count). The summed E-state index contributed by atoms with van der Waals surface area (Å²) < 4.78 is 27.7. The second kappa shape index (κ2) is 6.22. The van der Waals surface area contributed by atoms with Crippen LogP contribution in [0.1, 0.15) is 32.6 Å². The van der Waals surface area contributed by atoms with E-state index < -0.39 is 10.0 Å². The molecule has 0 aromatic heterocycles. The van der Waals surface area contributed by atoms with Gasteiger partial charge in [0.15, 0.2) is 0 Å². The molecule has 0 bridgehead atoms. The lowest BCUT2D eigenvalue weighted by atomic mass is 10.2. The second-order valence-corrected chi connectivity index (χ2v) is 8.74. The van der Waals surface area contributed by atoms with Gasteiger partial charge in [-0.05, 0) is 31.0 Å². The molecule has 1 aliphatic heterocycles. The highest BCUT2D eigenvalue weighted by Gasteiger charge is 2.25. The number of hydrogen-bond acceptors (Lipinski definition) is 4. The lowest BCUT2D eigenvalue weighted by Gasteiger charge is -2.14. The van der Waals surface area contributed by atoms with Crippen LogP contribution < -0.4 is 10.0 Å². The maximum Gasteiger partial charge on any atom is 0.240 e. The smallest absolute Gasteiger partial charge is 0.240 e. The van der Waals surface area contributed by atoms with Gasteiger partial charge in [0.2, 0.25) is 15.9 Å². The Kier molecular flexibility index (Phi) is 4.47. The summed E-state index contributed by atoms with van der Waals surface area (Å²) in [7, 11) is -3.53. The van der Waals surface area contributed by atoms with Gasteiger partial charge in [-0.15, -0.1) is 11.8 Å². The minimum Gasteiger partial charge on any atom is -0.325 e. The summed E-state index contributed by atoms with van der Waals surface area (Å²) >= 11 is 1.58. The van der Waals surface area contributed by atoms with E-state index in [0.717, 1.165) is 30.6 Å². The van der Waals surface area contributed by atoms with E-state index in [1.807, 2.05) is 6.92 Å². The number of sulfonamides is 1. The van der Waals surface area contributed by atoms with Crippen LogP contribution >= 0.6 is 11.8 Å². The zero-order valence-corrected chi connectivity index (χ0v) is 14.1. The van der Waals surface area contributed by atoms with Crippen molar-refractivity contribution >= 4 is 33.4 Å². The highest BCUT2D eigenvalue weighted by atomic mass is 32.2. The van der Waals surface area contributed by atoms with Crippen LogP contribution in [0.25, 0.3) is 0 Å². The number of nitrogens with one attached hydrogen (secondary N) is 2. The number of anilines is 1. The number of carbonyl (C=O) groups excluding carboxylic acids is 1. The van der Waals surface area contributed by atoms with Crippen molar-refractivity contribution in [2.75, 3.05) is 11.1 Å². The molecule has 120 valence electrons. The van der Waals surface area contributed by atoms with Crippen LogP contribution in [0.3, 0.4) is 0 Å². The van der Waals surface area contributed by atoms with Crippen molar-refractivity contribution < 1.29 is 13.2 Å². The molecule has 0 saturated heterocycles. The van der Waals surface area contributed by atoms with Gasteiger partial charge < -0.3 is 5.32 Å². The Labute approximate surface area is 135 Å². The normalized spacial score (nSPS) is 23.0. The van der Waals surface area contributed by atoms with Gasteiger partial charge in [0.1, 0.15) is 0 Å². The van der Waals surface area contributed by atoms with Crippen molar-refractivity contribution in [3.8, 4) is 0 Å². The molecule has 0 radical (unpaired) electrons. The Morgan fingerprint density at radius 1 is 1.27 bits per heavy atom. The van der Waals surface area contributed by atoms with Crippen molar-refractivity contribution in [3.05, 3.63) is 18.2 Å². The fourth-order valence-corrected chi connectivity index (χ4v) is 5.12. The number of amides is 1. The topological polar surface area (TPSA) is 75.3 Å². The summed E-state index contributed by atoms with van der Waals surface area (Å²) in [5.74, 6) is 0.546. The number of rotatable bonds is 3. The van der Waals surface area contributed by atoms with Gasteiger partial charge in [0, 0.05) is 22.6 Å². The van der Waals surface area contributed by atoms with Crippen molar-refractivity contribution in [1.29, 1.82) is 0 Å². The van der Waals surface area contributed by atoms with Crippen molar-refractivity contribution in [3.63, 3.8) is 0 Å². The molecular weight excluding hydrogens is 320 g/mol. The first-order valence-corrected chi connectivity index (χ1v) is 10.0. The van der Waals surface area contributed by atoms with Crippen molar-refractivity contribution in [2.45, 2.75) is 48.4 Å². The van der Waals surface area contributed by atoms with E-state index in [-0.39, 0.29) is 22.8 Å². The number of carbonyl (C=O) groups is 1. The summed E-state index contributed by atoms with van der Waals surface area (Å²) in [4.78, 5) is 13.1. The summed E-state index contributed by atoms with van der Waals surface area (Å²) in [6.07, 6.45) is 3.94. The van der Waals surface area contributed by atoms with Crippen LogP contribution in [0.5, 0.6) is 0 Å². The maximum absolute atomic E-state index is 12.5. The van der Waals surface area contributed by atoms with Gasteiger partial charge in [-0.25, -0.2) is 13.1 Å². The zero-order chi connectivity index (χ0) is 15.7. The minimum absolute atomic E-state index is 0.0350. The number of fused-ring (bicyclic) bond motifs is 1. The van der Waals surface area contributed by atoms with Crippen LogP contribution in [0.4, 0.5) is 5.69 Å². The van der Waals surface area contributed by atoms with Gasteiger partial charge in [-0.1, -0.05) is 19.8 Å². The van der Waals surface area contributed by atoms with E-state index in [1.165, 1.54) is 0 Å². The highest BCUT2D eigenvalue weighted by Crippen LogP contribution is 2.34. The Morgan fingerprint density at radius 2 is 2.00 bits per heavy atom. The van der Waals surface area contributed by atoms with Crippen LogP contribution in [-0.2, 0) is 14.8 Å². The largest absolute Gasteiger partial charge is 0.325 e. The molecule has 1 aliphatic carbocycles. The highest BCUT2D eigenvalue weighted by molar-refractivity contribution is 7.99. The average molecular weight is 340 g/mol. The van der Waals surface area contributed by atoms with Crippen LogP contribution in [0.15, 0.2) is 28.0 Å². The number of benzene rings is 1. The second-order valence-electron chi connectivity index (χ2n) is 5.96. The molecule has 1 atom stereocenters. The molecule has 22 heavy (non-hydrogen) atoms. The van der Waals surface area contributed by atoms with E-state index in [2.05, 4.69) is 10.0 Å². The molecule has 2 N–H and O–H groups in total. The first-order valence-electron chi connectivity index (χ1n) is 7.56. The standard InChI is InChI=1S/C15H20N2O3S2/c1-10-9-21-14-7-6-12(8-13(14)16-15(10)18)22(19,20)17-11-4-2-3-5-11/h6-8,10-11,17H,2-5,9H2,1H3,(H,16,18). The molecule has 2 aliphatic rings. The van der Waals surface area contributed by atoms with E-state index in [9.17, 15) is 13.2 Å². The SMILES string of the molecule is CC1CSc2ccc(S(=O)(=O)NC3CCCC3)cc2NC1=O. The number of thioether (sulfide) groups is 1. The summed E-state index contributed by atoms with van der Waals surface area (Å²) in [5.41, 5.74) is 0.591. The predicted octanol–water partition coefficient (Wildman–Crippen LogP) is 2.59. The third kappa shape index (κ3) is 3.31. The third-order valence-corrected chi connectivity index (χ3v) is 6.98. The molecule has 7 heteroatoms. The quantitative estimate of drug-likeness (QED) is 0.887. The summed E-state index contributed by atoms with van der Waals surface area (Å²) in [6.45, 7) is 1.87. The maximum atomic E-state index is 12.5. The third-order valence-electron chi connectivity index (χ3n) is 4.13. The van der Waals surface area contributed by atoms with Gasteiger partial charge in [0.25, 0.3) is 0 Å². The Morgan fingerprint density at radius 3 is 2.73 bits per heavy atom. The van der Waals surface area contributed by atoms with Crippen molar-refractivity contribution in [1.82, 2.24) is 4.72 Å². The van der Waals surface area contributed by atoms with E-state index in [1.54, 1.807) is 30.0 Å². The first-order chi connectivity index (χ1) is 10.5. The zero-order valence-electron chi connectivity index (χ0n) is 12.5. The fraction of sp³-hybridized carbons (Fsp3) is 0.533. The molecular formula is C15H20N2O3S2. The van der Waals surface area contributed by atoms with Crippen molar-refractivity contribution in [2.24, 2.45) is 5.92 Å². The molecule has 0 spiro atoms. The summed E-state index contributed by atoms with van der Waals surface area (Å²) in [6, 6.07) is 5.00. The molecule has 1 saturated carbocycles. The van der Waals surface area contributed by atoms with Gasteiger partial charge in [0.05, 0.1) is 10.6 Å². The van der Waals surface area contributed by atoms with Crippen LogP contribution in [0, 0.1) is 5.92 Å². The first kappa shape index (κ1) is 15.8. The molecule has 1 aromatic carbocycles. The molecule has 5 nitrogen and oxygen atoms in total. The Hall–Kier alpha value is -1.05. The van der Waals surface area contributed by atoms with Crippen LogP contribution in [0.2, 0.25) is 0 Å². The monoisotopic (exact) mass is 340 g/mol. The number of hydrogen-bond donors (Lipinski definition) is 2. The fourth-order valence-electron chi connectivity index (χ4n) is 2.78.